The van der Waals surface area contributed by atoms with Gasteiger partial charge in [-0.15, -0.1) is 0 Å². The third kappa shape index (κ3) is 23.7. The lowest BCUT2D eigenvalue weighted by Gasteiger charge is -2.43. The van der Waals surface area contributed by atoms with E-state index in [0.29, 0.717) is 11.8 Å². The van der Waals surface area contributed by atoms with Crippen LogP contribution in [0, 0.1) is 17.8 Å². The smallest absolute Gasteiger partial charge is 0.239 e. The van der Waals surface area contributed by atoms with E-state index >= 15 is 0 Å². The van der Waals surface area contributed by atoms with Gasteiger partial charge in [0.2, 0.25) is 23.0 Å². The molecule has 0 spiro atoms. The maximum absolute atomic E-state index is 10.3. The van der Waals surface area contributed by atoms with Gasteiger partial charge in [0.25, 0.3) is 0 Å². The van der Waals surface area contributed by atoms with Crippen molar-refractivity contribution in [3.63, 3.8) is 0 Å². The first-order valence-corrected chi connectivity index (χ1v) is 26.7. The Morgan fingerprint density at radius 2 is 0.948 bits per heavy atom. The number of nitrogens with zero attached hydrogens (tertiary/aromatic N) is 8. The largest absolute Gasteiger partial charge is 0.313 e. The summed E-state index contributed by atoms with van der Waals surface area (Å²) in [5, 5.41) is 33.7. The first kappa shape index (κ1) is 66.6. The highest BCUT2D eigenvalue weighted by Gasteiger charge is 2.36. The Labute approximate surface area is 463 Å². The molecule has 0 fully saturated rings. The van der Waals surface area contributed by atoms with Gasteiger partial charge in [-0.2, -0.15) is 10.1 Å². The van der Waals surface area contributed by atoms with Crippen molar-refractivity contribution in [2.24, 2.45) is 17.8 Å². The van der Waals surface area contributed by atoms with Crippen molar-refractivity contribution >= 4 is 18.2 Å². The summed E-state index contributed by atoms with van der Waals surface area (Å²) in [6, 6.07) is 35.2. The molecule has 0 aliphatic rings. The summed E-state index contributed by atoms with van der Waals surface area (Å²) in [7, 11) is 0. The molecule has 6 aromatic rings. The Kier molecular flexibility index (Phi) is 27.4. The second kappa shape index (κ2) is 31.6. The van der Waals surface area contributed by atoms with Crippen LogP contribution in [0.15, 0.2) is 159 Å². The van der Waals surface area contributed by atoms with Gasteiger partial charge in [0, 0.05) is 114 Å². The minimum absolute atomic E-state index is 0.0108. The summed E-state index contributed by atoms with van der Waals surface area (Å²) in [6.45, 7) is 39.2. The van der Waals surface area contributed by atoms with E-state index in [1.807, 2.05) is 148 Å². The summed E-state index contributed by atoms with van der Waals surface area (Å²) < 4.78 is 2.53. The average Bonchev–Trinajstić information content (AvgIpc) is 3.37. The molecule has 3 N–H and O–H groups in total. The maximum atomic E-state index is 10.3. The van der Waals surface area contributed by atoms with Crippen LogP contribution in [0.3, 0.4) is 0 Å². The summed E-state index contributed by atoms with van der Waals surface area (Å²) in [5.41, 5.74) is 5.91. The molecule has 3 atom stereocenters. The van der Waals surface area contributed by atoms with E-state index in [1.54, 1.807) is 49.3 Å². The van der Waals surface area contributed by atoms with Gasteiger partial charge < -0.3 is 5.21 Å². The minimum Gasteiger partial charge on any atom is -0.313 e. The van der Waals surface area contributed by atoms with E-state index in [0.717, 1.165) is 34.3 Å². The van der Waals surface area contributed by atoms with Crippen LogP contribution < -0.4 is 0 Å². The molecular formula is C64H94N8O5+2. The molecule has 2 aromatic carbocycles. The van der Waals surface area contributed by atoms with Crippen LogP contribution in [0.2, 0.25) is 0 Å². The monoisotopic (exact) mass is 1050 g/mol. The van der Waals surface area contributed by atoms with Crippen molar-refractivity contribution in [3.05, 3.63) is 192 Å². The SMILES string of the molecule is CC(C)(C)/[N+](O)=C/c1cccnc1.CC(C)/C(c1cccnc1)=[N+](/O)C(C)(C)C.CC(C)C(c1cccnc1)N(O)C(C)(C)C.CC(ON(C(c1cccnc1)C(C)C)C(C)(C)C)c1ccccc1.O=Cc1ccccc1. The Morgan fingerprint density at radius 1 is 0.519 bits per heavy atom. The van der Waals surface area contributed by atoms with E-state index in [4.69, 9.17) is 4.84 Å². The molecule has 13 heteroatoms. The van der Waals surface area contributed by atoms with Crippen LogP contribution in [0.1, 0.15) is 188 Å². The van der Waals surface area contributed by atoms with E-state index in [1.165, 1.54) is 25.7 Å². The molecule has 77 heavy (non-hydrogen) atoms. The normalized spacial score (nSPS) is 13.6. The zero-order valence-electron chi connectivity index (χ0n) is 49.9. The van der Waals surface area contributed by atoms with Gasteiger partial charge in [0.1, 0.15) is 12.4 Å². The lowest BCUT2D eigenvalue weighted by molar-refractivity contribution is -0.820. The van der Waals surface area contributed by atoms with Crippen LogP contribution in [-0.4, -0.2) is 95.5 Å². The third-order valence-corrected chi connectivity index (χ3v) is 11.7. The van der Waals surface area contributed by atoms with Crippen LogP contribution in [0.4, 0.5) is 0 Å². The number of carbonyl (C=O) groups excluding carboxylic acids is 1. The van der Waals surface area contributed by atoms with Crippen molar-refractivity contribution in [3.8, 4) is 0 Å². The molecule has 13 nitrogen and oxygen atoms in total. The van der Waals surface area contributed by atoms with Crippen LogP contribution >= 0.6 is 0 Å². The van der Waals surface area contributed by atoms with Crippen LogP contribution in [-0.2, 0) is 4.84 Å². The van der Waals surface area contributed by atoms with Gasteiger partial charge in [-0.3, -0.25) is 40.0 Å². The Balaban J connectivity index is 0.000000342. The number of aromatic nitrogens is 4. The van der Waals surface area contributed by atoms with Gasteiger partial charge in [-0.25, -0.2) is 0 Å². The fourth-order valence-electron chi connectivity index (χ4n) is 7.61. The summed E-state index contributed by atoms with van der Waals surface area (Å²) in [4.78, 5) is 33.0. The number of benzene rings is 2. The van der Waals surface area contributed by atoms with Crippen molar-refractivity contribution in [2.45, 2.75) is 172 Å². The zero-order chi connectivity index (χ0) is 58.1. The molecule has 0 radical (unpaired) electrons. The first-order chi connectivity index (χ1) is 35.9. The van der Waals surface area contributed by atoms with Gasteiger partial charge in [-0.05, 0) is 123 Å². The molecule has 0 aliphatic carbocycles. The van der Waals surface area contributed by atoms with Crippen molar-refractivity contribution in [1.82, 2.24) is 30.1 Å². The predicted molar refractivity (Wildman–Crippen MR) is 313 cm³/mol. The number of rotatable bonds is 13. The summed E-state index contributed by atoms with van der Waals surface area (Å²) >= 11 is 0. The van der Waals surface area contributed by atoms with E-state index < -0.39 is 0 Å². The molecule has 0 bridgehead atoms. The van der Waals surface area contributed by atoms with Crippen molar-refractivity contribution in [2.75, 3.05) is 0 Å². The van der Waals surface area contributed by atoms with Crippen molar-refractivity contribution in [1.29, 1.82) is 0 Å². The van der Waals surface area contributed by atoms with Gasteiger partial charge in [0.15, 0.2) is 0 Å². The molecule has 418 valence electrons. The highest BCUT2D eigenvalue weighted by Crippen LogP contribution is 2.37. The van der Waals surface area contributed by atoms with E-state index in [9.17, 15) is 20.4 Å². The number of pyridine rings is 4. The van der Waals surface area contributed by atoms with E-state index in [-0.39, 0.29) is 46.3 Å². The third-order valence-electron chi connectivity index (χ3n) is 11.7. The Bertz CT molecular complexity index is 2590. The topological polar surface area (TPSA) is 151 Å². The van der Waals surface area contributed by atoms with Crippen LogP contribution in [0.5, 0.6) is 0 Å². The molecule has 4 heterocycles. The summed E-state index contributed by atoms with van der Waals surface area (Å²) in [6.07, 6.45) is 16.7. The average molecular weight is 1060 g/mol. The summed E-state index contributed by atoms with van der Waals surface area (Å²) in [5.74, 6) is 0.971. The fourth-order valence-corrected chi connectivity index (χ4v) is 7.61. The number of aldehydes is 1. The second-order valence-corrected chi connectivity index (χ2v) is 23.8. The van der Waals surface area contributed by atoms with E-state index in [2.05, 4.69) is 125 Å². The van der Waals surface area contributed by atoms with Gasteiger partial charge >= 0.3 is 0 Å². The quantitative estimate of drug-likeness (QED) is 0.0333. The molecular weight excluding hydrogens is 961 g/mol. The standard InChI is InChI=1S/C21H30N2O.C13H22N2O.C13H21N2O.C10H15N2O.C7H6O/c1-16(2)20(19-13-10-14-22-15-19)23(21(4,5)6)24-17(3)18-11-8-7-9-12-18;2*1-10(2)12(15(16)13(3,4)5)11-7-6-8-14-9-11;1-10(2,3)12(13)8-9-5-4-6-11-7-9;8-6-7-4-2-1-3-5-7/h7-17,20H,1-6H3;6-10,12,16H,1-5H3;6-10,16H,1-5H3;4-8,13H,1-3H3;1-6H/q;;2*+1;. The number of hydrogen-bond donors (Lipinski definition) is 3. The molecule has 0 saturated heterocycles. The molecule has 6 rings (SSSR count). The maximum Gasteiger partial charge on any atom is 0.239 e. The Hall–Kier alpha value is -6.51. The number of hydrogen-bond acceptors (Lipinski definition) is 11. The van der Waals surface area contributed by atoms with Crippen molar-refractivity contribution < 1.29 is 34.7 Å². The highest BCUT2D eigenvalue weighted by atomic mass is 16.7. The molecule has 0 amide bonds. The zero-order valence-corrected chi connectivity index (χ0v) is 49.9. The number of carbonyl (C=O) groups is 1. The second-order valence-electron chi connectivity index (χ2n) is 23.8. The Morgan fingerprint density at radius 3 is 1.30 bits per heavy atom. The van der Waals surface area contributed by atoms with Gasteiger partial charge in [0.05, 0.1) is 23.2 Å². The first-order valence-electron chi connectivity index (χ1n) is 26.7. The van der Waals surface area contributed by atoms with Gasteiger partial charge in [-0.1, -0.05) is 114 Å². The molecule has 4 aromatic heterocycles. The minimum atomic E-state index is -0.310. The molecule has 3 unspecified atom stereocenters. The highest BCUT2D eigenvalue weighted by molar-refractivity contribution is 5.97. The van der Waals surface area contributed by atoms with Crippen LogP contribution in [0.25, 0.3) is 0 Å². The predicted octanol–water partition coefficient (Wildman–Crippen LogP) is 14.8. The number of hydroxylamine groups is 6. The molecule has 0 aliphatic heterocycles. The lowest BCUT2D eigenvalue weighted by Crippen LogP contribution is -2.46. The lowest BCUT2D eigenvalue weighted by atomic mass is 9.93. The molecule has 0 saturated carbocycles. The fraction of sp³-hybridized carbons (Fsp3) is 0.453.